The van der Waals surface area contributed by atoms with Crippen molar-refractivity contribution in [1.29, 1.82) is 0 Å². The Kier molecular flexibility index (Phi) is 6.58. The van der Waals surface area contributed by atoms with Crippen LogP contribution < -0.4 is 20.3 Å². The molecule has 7 nitrogen and oxygen atoms in total. The highest BCUT2D eigenvalue weighted by Crippen LogP contribution is 2.32. The zero-order valence-corrected chi connectivity index (χ0v) is 18.9. The van der Waals surface area contributed by atoms with Crippen LogP contribution in [-0.2, 0) is 10.0 Å². The monoisotopic (exact) mass is 479 g/mol. The lowest BCUT2D eigenvalue weighted by Gasteiger charge is -2.35. The third-order valence-electron chi connectivity index (χ3n) is 5.30. The minimum atomic E-state index is -4.12. The Bertz CT molecular complexity index is 1190. The second-order valence-electron chi connectivity index (χ2n) is 7.48. The summed E-state index contributed by atoms with van der Waals surface area (Å²) in [5.41, 5.74) is 3.11. The Morgan fingerprint density at radius 2 is 2.03 bits per heavy atom. The summed E-state index contributed by atoms with van der Waals surface area (Å²) in [5, 5.41) is 7.87. The van der Waals surface area contributed by atoms with Gasteiger partial charge in [0, 0.05) is 30.2 Å². The molecule has 4 rings (SSSR count). The van der Waals surface area contributed by atoms with E-state index in [1.807, 2.05) is 7.05 Å². The summed E-state index contributed by atoms with van der Waals surface area (Å²) < 4.78 is 56.0. The average molecular weight is 480 g/mol. The molecule has 0 aliphatic carbocycles. The number of nitrogens with one attached hydrogen (secondary N) is 3. The summed E-state index contributed by atoms with van der Waals surface area (Å²) in [6.45, 7) is 1.51. The van der Waals surface area contributed by atoms with E-state index in [-0.39, 0.29) is 11.6 Å². The van der Waals surface area contributed by atoms with E-state index in [4.69, 9.17) is 0 Å². The summed E-state index contributed by atoms with van der Waals surface area (Å²) in [6.07, 6.45) is 2.01. The molecule has 11 heteroatoms. The molecule has 1 fully saturated rings. The number of nitrogens with zero attached hydrogens (tertiary/aromatic N) is 2. The van der Waals surface area contributed by atoms with Gasteiger partial charge in [0.2, 0.25) is 0 Å². The third-order valence-corrected chi connectivity index (χ3v) is 7.28. The number of aromatic nitrogens is 1. The SMILES string of the molecule is CNC1CCCN(c2cc(F)ccc2Nc2ccc(S(=O)(=O)Nc3cscn3)c(F)c2)C1. The lowest BCUT2D eigenvalue weighted by Crippen LogP contribution is -2.44. The van der Waals surface area contributed by atoms with Gasteiger partial charge in [-0.25, -0.2) is 22.2 Å². The van der Waals surface area contributed by atoms with Crippen LogP contribution in [0.4, 0.5) is 31.7 Å². The molecule has 0 radical (unpaired) electrons. The van der Waals surface area contributed by atoms with Gasteiger partial charge in [0.1, 0.15) is 16.5 Å². The number of benzene rings is 2. The van der Waals surface area contributed by atoms with Crippen LogP contribution in [0.25, 0.3) is 0 Å². The van der Waals surface area contributed by atoms with Gasteiger partial charge >= 0.3 is 0 Å². The van der Waals surface area contributed by atoms with E-state index in [9.17, 15) is 17.2 Å². The van der Waals surface area contributed by atoms with Crippen LogP contribution in [-0.4, -0.2) is 39.6 Å². The van der Waals surface area contributed by atoms with E-state index in [1.54, 1.807) is 6.07 Å². The number of halogens is 2. The van der Waals surface area contributed by atoms with Gasteiger partial charge in [0.15, 0.2) is 5.82 Å². The predicted molar refractivity (Wildman–Crippen MR) is 123 cm³/mol. The lowest BCUT2D eigenvalue weighted by molar-refractivity contribution is 0.449. The highest BCUT2D eigenvalue weighted by Gasteiger charge is 2.23. The zero-order valence-electron chi connectivity index (χ0n) is 17.3. The van der Waals surface area contributed by atoms with Crippen LogP contribution in [0.3, 0.4) is 0 Å². The van der Waals surface area contributed by atoms with Crippen LogP contribution in [0.5, 0.6) is 0 Å². The minimum Gasteiger partial charge on any atom is -0.368 e. The topological polar surface area (TPSA) is 86.4 Å². The smallest absolute Gasteiger partial charge is 0.265 e. The number of likely N-dealkylation sites (N-methyl/N-ethyl adjacent to an activating group) is 1. The fourth-order valence-electron chi connectivity index (χ4n) is 3.71. The highest BCUT2D eigenvalue weighted by atomic mass is 32.2. The number of hydrogen-bond donors (Lipinski definition) is 3. The maximum Gasteiger partial charge on any atom is 0.265 e. The molecule has 0 bridgehead atoms. The summed E-state index contributed by atoms with van der Waals surface area (Å²) in [6, 6.07) is 8.44. The molecule has 1 atom stereocenters. The Hall–Kier alpha value is -2.76. The van der Waals surface area contributed by atoms with Crippen molar-refractivity contribution >= 4 is 44.2 Å². The van der Waals surface area contributed by atoms with E-state index in [1.165, 1.54) is 46.5 Å². The highest BCUT2D eigenvalue weighted by molar-refractivity contribution is 7.92. The van der Waals surface area contributed by atoms with Crippen molar-refractivity contribution in [3.63, 3.8) is 0 Å². The molecule has 3 N–H and O–H groups in total. The number of thiazole rings is 1. The molecule has 1 aliphatic rings. The van der Waals surface area contributed by atoms with E-state index >= 15 is 0 Å². The quantitative estimate of drug-likeness (QED) is 0.472. The van der Waals surface area contributed by atoms with E-state index in [2.05, 4.69) is 25.2 Å². The molecule has 2 heterocycles. The molecule has 0 spiro atoms. The van der Waals surface area contributed by atoms with Crippen molar-refractivity contribution < 1.29 is 17.2 Å². The predicted octanol–water partition coefficient (Wildman–Crippen LogP) is 4.15. The molecular formula is C21H23F2N5O2S2. The van der Waals surface area contributed by atoms with Crippen molar-refractivity contribution in [2.24, 2.45) is 0 Å². The molecular weight excluding hydrogens is 456 g/mol. The third kappa shape index (κ3) is 5.00. The molecule has 32 heavy (non-hydrogen) atoms. The average Bonchev–Trinajstić information content (AvgIpc) is 3.27. The van der Waals surface area contributed by atoms with Crippen molar-refractivity contribution in [2.45, 2.75) is 23.8 Å². The maximum absolute atomic E-state index is 14.7. The van der Waals surface area contributed by atoms with Gasteiger partial charge in [-0.3, -0.25) is 4.72 Å². The van der Waals surface area contributed by atoms with E-state index in [0.717, 1.165) is 32.0 Å². The van der Waals surface area contributed by atoms with Gasteiger partial charge in [-0.05, 0) is 56.3 Å². The molecule has 1 saturated heterocycles. The molecule has 170 valence electrons. The Morgan fingerprint density at radius 1 is 1.19 bits per heavy atom. The lowest BCUT2D eigenvalue weighted by atomic mass is 10.0. The standard InChI is InChI=1S/C21H23F2N5O2S2/c1-24-16-3-2-8-28(11-16)19-9-14(22)4-6-18(19)26-15-5-7-20(17(23)10-15)32(29,30)27-21-12-31-13-25-21/h4-7,9-10,12-13,16,24,26-27H,2-3,8,11H2,1H3. The van der Waals surface area contributed by atoms with Gasteiger partial charge < -0.3 is 15.5 Å². The second-order valence-corrected chi connectivity index (χ2v) is 9.85. The number of sulfonamides is 1. The maximum atomic E-state index is 14.7. The van der Waals surface area contributed by atoms with Crippen molar-refractivity contribution in [3.8, 4) is 0 Å². The van der Waals surface area contributed by atoms with Crippen molar-refractivity contribution in [3.05, 3.63) is 58.9 Å². The van der Waals surface area contributed by atoms with Crippen molar-refractivity contribution in [1.82, 2.24) is 10.3 Å². The largest absolute Gasteiger partial charge is 0.368 e. The summed E-state index contributed by atoms with van der Waals surface area (Å²) in [4.78, 5) is 5.46. The molecule has 2 aromatic carbocycles. The Morgan fingerprint density at radius 3 is 2.75 bits per heavy atom. The first-order valence-corrected chi connectivity index (χ1v) is 12.5. The normalized spacial score (nSPS) is 16.7. The summed E-state index contributed by atoms with van der Waals surface area (Å²) in [7, 11) is -2.21. The van der Waals surface area contributed by atoms with Gasteiger partial charge in [0.05, 0.1) is 16.9 Å². The van der Waals surface area contributed by atoms with Gasteiger partial charge in [0.25, 0.3) is 10.0 Å². The minimum absolute atomic E-state index is 0.133. The fourth-order valence-corrected chi connectivity index (χ4v) is 5.33. The van der Waals surface area contributed by atoms with E-state index in [0.29, 0.717) is 23.1 Å². The van der Waals surface area contributed by atoms with Crippen molar-refractivity contribution in [2.75, 3.05) is 35.1 Å². The van der Waals surface area contributed by atoms with Crippen LogP contribution in [0.15, 0.2) is 52.2 Å². The Balaban J connectivity index is 1.58. The number of hydrogen-bond acceptors (Lipinski definition) is 7. The first kappa shape index (κ1) is 22.4. The zero-order chi connectivity index (χ0) is 22.7. The van der Waals surface area contributed by atoms with Crippen LogP contribution in [0.1, 0.15) is 12.8 Å². The number of rotatable bonds is 7. The fraction of sp³-hybridized carbons (Fsp3) is 0.286. The molecule has 3 aromatic rings. The molecule has 0 saturated carbocycles. The second kappa shape index (κ2) is 9.39. The first-order valence-electron chi connectivity index (χ1n) is 10.0. The van der Waals surface area contributed by atoms with E-state index < -0.39 is 20.7 Å². The molecule has 0 amide bonds. The number of anilines is 4. The van der Waals surface area contributed by atoms with Crippen LogP contribution in [0, 0.1) is 11.6 Å². The summed E-state index contributed by atoms with van der Waals surface area (Å²) in [5.74, 6) is -1.14. The van der Waals surface area contributed by atoms with Gasteiger partial charge in [-0.2, -0.15) is 0 Å². The van der Waals surface area contributed by atoms with Gasteiger partial charge in [-0.1, -0.05) is 0 Å². The molecule has 1 aromatic heterocycles. The molecule has 1 aliphatic heterocycles. The Labute approximate surface area is 189 Å². The number of piperidine rings is 1. The van der Waals surface area contributed by atoms with Crippen LogP contribution in [0.2, 0.25) is 0 Å². The van der Waals surface area contributed by atoms with Gasteiger partial charge in [-0.15, -0.1) is 11.3 Å². The summed E-state index contributed by atoms with van der Waals surface area (Å²) >= 11 is 1.22. The molecule has 1 unspecified atom stereocenters. The first-order chi connectivity index (χ1) is 15.4. The van der Waals surface area contributed by atoms with Crippen LogP contribution >= 0.6 is 11.3 Å².